The highest BCUT2D eigenvalue weighted by atomic mass is 32.1. The Balaban J connectivity index is 1.74. The minimum absolute atomic E-state index is 0.0645. The molecule has 5 nitrogen and oxygen atoms in total. The summed E-state index contributed by atoms with van der Waals surface area (Å²) in [6, 6.07) is 10.1. The number of rotatable bonds is 9. The van der Waals surface area contributed by atoms with Crippen LogP contribution in [-0.2, 0) is 11.2 Å². The van der Waals surface area contributed by atoms with Crippen molar-refractivity contribution in [1.82, 2.24) is 15.6 Å². The molecule has 0 atom stereocenters. The number of nitrogens with one attached hydrogen (secondary N) is 2. The summed E-state index contributed by atoms with van der Waals surface area (Å²) < 4.78 is 4.93. The van der Waals surface area contributed by atoms with Gasteiger partial charge in [-0.25, -0.2) is 4.98 Å². The van der Waals surface area contributed by atoms with Crippen molar-refractivity contribution < 1.29 is 9.53 Å². The summed E-state index contributed by atoms with van der Waals surface area (Å²) in [5.41, 5.74) is 1.20. The van der Waals surface area contributed by atoms with Gasteiger partial charge >= 0.3 is 0 Å². The highest BCUT2D eigenvalue weighted by Crippen LogP contribution is 2.16. The standard InChI is InChI=1S/C16H21N3O2S/c1-21-10-9-17-7-8-18-16(20)14-12-19-15(22-14)11-13-5-3-2-4-6-13/h2-6,12,17H,7-11H2,1H3,(H,18,20). The van der Waals surface area contributed by atoms with Gasteiger partial charge in [0.05, 0.1) is 17.8 Å². The summed E-state index contributed by atoms with van der Waals surface area (Å²) >= 11 is 1.44. The van der Waals surface area contributed by atoms with Crippen LogP contribution in [0.2, 0.25) is 0 Å². The summed E-state index contributed by atoms with van der Waals surface area (Å²) in [6.45, 7) is 2.78. The van der Waals surface area contributed by atoms with Crippen molar-refractivity contribution in [1.29, 1.82) is 0 Å². The second kappa shape index (κ2) is 9.30. The fourth-order valence-electron chi connectivity index (χ4n) is 1.92. The fourth-order valence-corrected chi connectivity index (χ4v) is 2.79. The largest absolute Gasteiger partial charge is 0.383 e. The number of carbonyl (C=O) groups excluding carboxylic acids is 1. The van der Waals surface area contributed by atoms with Gasteiger partial charge in [-0.2, -0.15) is 0 Å². The average molecular weight is 319 g/mol. The zero-order valence-corrected chi connectivity index (χ0v) is 13.5. The molecular formula is C16H21N3O2S. The Morgan fingerprint density at radius 1 is 1.23 bits per heavy atom. The molecule has 0 unspecified atom stereocenters. The van der Waals surface area contributed by atoms with E-state index in [1.165, 1.54) is 16.9 Å². The number of methoxy groups -OCH3 is 1. The smallest absolute Gasteiger partial charge is 0.263 e. The molecule has 0 saturated carbocycles. The highest BCUT2D eigenvalue weighted by Gasteiger charge is 2.10. The van der Waals surface area contributed by atoms with Gasteiger partial charge in [0.15, 0.2) is 0 Å². The van der Waals surface area contributed by atoms with E-state index in [1.807, 2.05) is 18.2 Å². The number of benzene rings is 1. The van der Waals surface area contributed by atoms with Gasteiger partial charge in [-0.05, 0) is 5.56 Å². The Hall–Kier alpha value is -1.76. The summed E-state index contributed by atoms with van der Waals surface area (Å²) in [5, 5.41) is 7.01. The van der Waals surface area contributed by atoms with Crippen LogP contribution in [-0.4, -0.2) is 44.2 Å². The topological polar surface area (TPSA) is 63.2 Å². The van der Waals surface area contributed by atoms with Gasteiger partial charge in [-0.1, -0.05) is 30.3 Å². The van der Waals surface area contributed by atoms with Crippen molar-refractivity contribution in [3.63, 3.8) is 0 Å². The molecule has 2 rings (SSSR count). The van der Waals surface area contributed by atoms with Gasteiger partial charge in [0, 0.05) is 33.2 Å². The molecule has 2 N–H and O–H groups in total. The lowest BCUT2D eigenvalue weighted by molar-refractivity contribution is 0.0957. The van der Waals surface area contributed by atoms with Gasteiger partial charge < -0.3 is 15.4 Å². The molecule has 22 heavy (non-hydrogen) atoms. The lowest BCUT2D eigenvalue weighted by Gasteiger charge is -2.05. The Morgan fingerprint density at radius 3 is 2.82 bits per heavy atom. The molecule has 6 heteroatoms. The first-order valence-corrected chi connectivity index (χ1v) is 8.07. The van der Waals surface area contributed by atoms with E-state index in [9.17, 15) is 4.79 Å². The van der Waals surface area contributed by atoms with Crippen LogP contribution in [0.25, 0.3) is 0 Å². The molecule has 0 saturated heterocycles. The van der Waals surface area contributed by atoms with Crippen LogP contribution in [0, 0.1) is 0 Å². The third-order valence-electron chi connectivity index (χ3n) is 3.05. The van der Waals surface area contributed by atoms with E-state index in [-0.39, 0.29) is 5.91 Å². The number of nitrogens with zero attached hydrogens (tertiary/aromatic N) is 1. The first-order chi connectivity index (χ1) is 10.8. The van der Waals surface area contributed by atoms with Crippen LogP contribution in [0.15, 0.2) is 36.5 Å². The second-order valence-corrected chi connectivity index (χ2v) is 5.89. The minimum atomic E-state index is -0.0645. The molecule has 1 aromatic heterocycles. The average Bonchev–Trinajstić information content (AvgIpc) is 3.00. The van der Waals surface area contributed by atoms with Gasteiger partial charge in [0.1, 0.15) is 4.88 Å². The number of hydrogen-bond acceptors (Lipinski definition) is 5. The Bertz CT molecular complexity index is 572. The number of amides is 1. The van der Waals surface area contributed by atoms with Crippen molar-refractivity contribution in [2.45, 2.75) is 6.42 Å². The number of aromatic nitrogens is 1. The summed E-state index contributed by atoms with van der Waals surface area (Å²) in [6.07, 6.45) is 2.41. The number of thiazole rings is 1. The van der Waals surface area contributed by atoms with E-state index in [1.54, 1.807) is 13.3 Å². The molecule has 1 aromatic carbocycles. The van der Waals surface area contributed by atoms with E-state index in [0.29, 0.717) is 18.0 Å². The van der Waals surface area contributed by atoms with E-state index >= 15 is 0 Å². The molecule has 1 heterocycles. The Labute approximate surface area is 134 Å². The Morgan fingerprint density at radius 2 is 2.05 bits per heavy atom. The quantitative estimate of drug-likeness (QED) is 0.691. The molecule has 0 radical (unpaired) electrons. The lowest BCUT2D eigenvalue weighted by Crippen LogP contribution is -2.32. The molecule has 0 bridgehead atoms. The predicted octanol–water partition coefficient (Wildman–Crippen LogP) is 1.70. The lowest BCUT2D eigenvalue weighted by atomic mass is 10.2. The predicted molar refractivity (Wildman–Crippen MR) is 88.4 cm³/mol. The van der Waals surface area contributed by atoms with Crippen molar-refractivity contribution >= 4 is 17.2 Å². The maximum Gasteiger partial charge on any atom is 0.263 e. The third-order valence-corrected chi connectivity index (χ3v) is 4.04. The normalized spacial score (nSPS) is 10.6. The molecule has 0 aliphatic heterocycles. The molecule has 118 valence electrons. The fraction of sp³-hybridized carbons (Fsp3) is 0.375. The van der Waals surface area contributed by atoms with Crippen LogP contribution in [0.5, 0.6) is 0 Å². The van der Waals surface area contributed by atoms with Crippen LogP contribution < -0.4 is 10.6 Å². The van der Waals surface area contributed by atoms with E-state index in [0.717, 1.165) is 24.5 Å². The Kier molecular flexibility index (Phi) is 7.02. The van der Waals surface area contributed by atoms with E-state index in [2.05, 4.69) is 27.8 Å². The van der Waals surface area contributed by atoms with Crippen molar-refractivity contribution in [3.8, 4) is 0 Å². The van der Waals surface area contributed by atoms with Crippen LogP contribution in [0.3, 0.4) is 0 Å². The minimum Gasteiger partial charge on any atom is -0.383 e. The molecule has 0 aliphatic carbocycles. The van der Waals surface area contributed by atoms with Gasteiger partial charge in [0.2, 0.25) is 0 Å². The molecule has 2 aromatic rings. The molecule has 0 aliphatic rings. The van der Waals surface area contributed by atoms with Crippen molar-refractivity contribution in [2.75, 3.05) is 33.4 Å². The molecule has 0 spiro atoms. The number of carbonyl (C=O) groups is 1. The van der Waals surface area contributed by atoms with Gasteiger partial charge in [0.25, 0.3) is 5.91 Å². The molecule has 1 amide bonds. The SMILES string of the molecule is COCCNCCNC(=O)c1cnc(Cc2ccccc2)s1. The van der Waals surface area contributed by atoms with Crippen LogP contribution >= 0.6 is 11.3 Å². The maximum absolute atomic E-state index is 12.0. The van der Waals surface area contributed by atoms with Gasteiger partial charge in [-0.3, -0.25) is 4.79 Å². The number of ether oxygens (including phenoxy) is 1. The highest BCUT2D eigenvalue weighted by molar-refractivity contribution is 7.13. The molecule has 0 fully saturated rings. The monoisotopic (exact) mass is 319 g/mol. The van der Waals surface area contributed by atoms with Crippen LogP contribution in [0.4, 0.5) is 0 Å². The number of hydrogen-bond donors (Lipinski definition) is 2. The first-order valence-electron chi connectivity index (χ1n) is 7.26. The van der Waals surface area contributed by atoms with Crippen molar-refractivity contribution in [2.24, 2.45) is 0 Å². The summed E-state index contributed by atoms with van der Waals surface area (Å²) in [4.78, 5) is 17.0. The van der Waals surface area contributed by atoms with Crippen molar-refractivity contribution in [3.05, 3.63) is 52.0 Å². The molecular weight excluding hydrogens is 298 g/mol. The van der Waals surface area contributed by atoms with E-state index in [4.69, 9.17) is 4.74 Å². The maximum atomic E-state index is 12.0. The first kappa shape index (κ1) is 16.6. The summed E-state index contributed by atoms with van der Waals surface area (Å²) in [5.74, 6) is -0.0645. The second-order valence-electron chi connectivity index (χ2n) is 4.78. The van der Waals surface area contributed by atoms with E-state index < -0.39 is 0 Å². The zero-order valence-electron chi connectivity index (χ0n) is 12.7. The zero-order chi connectivity index (χ0) is 15.6. The third kappa shape index (κ3) is 5.55. The summed E-state index contributed by atoms with van der Waals surface area (Å²) in [7, 11) is 1.67. The van der Waals surface area contributed by atoms with Crippen LogP contribution in [0.1, 0.15) is 20.2 Å². The van der Waals surface area contributed by atoms with Gasteiger partial charge in [-0.15, -0.1) is 11.3 Å².